The highest BCUT2D eigenvalue weighted by Gasteiger charge is 2.27. The Kier molecular flexibility index (Phi) is 5.74. The van der Waals surface area contributed by atoms with Gasteiger partial charge in [-0.2, -0.15) is 13.2 Å². The minimum Gasteiger partial charge on any atom is -0.486 e. The number of nitrogens with zero attached hydrogens (tertiary/aromatic N) is 1. The SMILES string of the molecule is O=[N+]([O-])c1ccc(CCl)cc1OCCSC(F)(F)F. The lowest BCUT2D eigenvalue weighted by Gasteiger charge is -2.09. The molecule has 0 radical (unpaired) electrons. The lowest BCUT2D eigenvalue weighted by molar-refractivity contribution is -0.385. The van der Waals surface area contributed by atoms with Crippen molar-refractivity contribution in [2.75, 3.05) is 12.4 Å². The van der Waals surface area contributed by atoms with Crippen molar-refractivity contribution in [3.63, 3.8) is 0 Å². The molecule has 0 fully saturated rings. The van der Waals surface area contributed by atoms with Gasteiger partial charge in [-0.3, -0.25) is 10.1 Å². The first-order valence-electron chi connectivity index (χ1n) is 5.00. The fourth-order valence-corrected chi connectivity index (χ4v) is 1.78. The molecule has 1 rings (SSSR count). The molecule has 106 valence electrons. The monoisotopic (exact) mass is 315 g/mol. The highest BCUT2D eigenvalue weighted by atomic mass is 35.5. The summed E-state index contributed by atoms with van der Waals surface area (Å²) in [4.78, 5) is 10.1. The third-order valence-corrected chi connectivity index (χ3v) is 2.99. The molecule has 0 aromatic heterocycles. The minimum absolute atomic E-state index is 0.0778. The maximum Gasteiger partial charge on any atom is 0.441 e. The zero-order chi connectivity index (χ0) is 14.5. The predicted octanol–water partition coefficient (Wildman–Crippen LogP) is 3.97. The quantitative estimate of drug-likeness (QED) is 0.345. The van der Waals surface area contributed by atoms with Crippen molar-refractivity contribution in [1.82, 2.24) is 0 Å². The van der Waals surface area contributed by atoms with Gasteiger partial charge in [-0.15, -0.1) is 11.6 Å². The van der Waals surface area contributed by atoms with Crippen molar-refractivity contribution in [1.29, 1.82) is 0 Å². The Morgan fingerprint density at radius 1 is 1.42 bits per heavy atom. The summed E-state index contributed by atoms with van der Waals surface area (Å²) in [6.07, 6.45) is 0. The molecule has 9 heteroatoms. The Hall–Kier alpha value is -1.15. The van der Waals surface area contributed by atoms with E-state index < -0.39 is 10.4 Å². The van der Waals surface area contributed by atoms with Crippen LogP contribution in [0.5, 0.6) is 5.75 Å². The molecule has 0 aliphatic heterocycles. The molecule has 0 atom stereocenters. The molecule has 19 heavy (non-hydrogen) atoms. The van der Waals surface area contributed by atoms with Crippen LogP contribution in [0.15, 0.2) is 18.2 Å². The molecule has 0 heterocycles. The third-order valence-electron chi connectivity index (χ3n) is 1.98. The second-order valence-electron chi connectivity index (χ2n) is 3.34. The molecule has 0 bridgehead atoms. The topological polar surface area (TPSA) is 52.4 Å². The number of benzene rings is 1. The highest BCUT2D eigenvalue weighted by Crippen LogP contribution is 2.31. The molecular formula is C10H9ClF3NO3S. The molecule has 0 N–H and O–H groups in total. The van der Waals surface area contributed by atoms with Crippen LogP contribution in [0.3, 0.4) is 0 Å². The van der Waals surface area contributed by atoms with E-state index in [1.165, 1.54) is 18.2 Å². The van der Waals surface area contributed by atoms with Crippen molar-refractivity contribution in [2.45, 2.75) is 11.4 Å². The summed E-state index contributed by atoms with van der Waals surface area (Å²) in [6, 6.07) is 4.02. The lowest BCUT2D eigenvalue weighted by Crippen LogP contribution is -2.08. The van der Waals surface area contributed by atoms with Gasteiger partial charge in [-0.25, -0.2) is 0 Å². The van der Waals surface area contributed by atoms with E-state index in [-0.39, 0.29) is 41.4 Å². The van der Waals surface area contributed by atoms with Crippen LogP contribution in [0, 0.1) is 10.1 Å². The van der Waals surface area contributed by atoms with E-state index in [1.807, 2.05) is 0 Å². The van der Waals surface area contributed by atoms with E-state index in [9.17, 15) is 23.3 Å². The number of nitro benzene ring substituents is 1. The number of ether oxygens (including phenoxy) is 1. The number of thioether (sulfide) groups is 1. The number of alkyl halides is 4. The van der Waals surface area contributed by atoms with Crippen molar-refractivity contribution in [3.05, 3.63) is 33.9 Å². The number of hydrogen-bond acceptors (Lipinski definition) is 4. The largest absolute Gasteiger partial charge is 0.486 e. The molecule has 0 saturated carbocycles. The van der Waals surface area contributed by atoms with E-state index in [1.54, 1.807) is 0 Å². The van der Waals surface area contributed by atoms with Crippen LogP contribution in [0.1, 0.15) is 5.56 Å². The second kappa shape index (κ2) is 6.85. The van der Waals surface area contributed by atoms with Gasteiger partial charge in [-0.05, 0) is 23.4 Å². The average molecular weight is 316 g/mol. The molecule has 0 saturated heterocycles. The van der Waals surface area contributed by atoms with E-state index >= 15 is 0 Å². The van der Waals surface area contributed by atoms with E-state index in [0.29, 0.717) is 5.56 Å². The number of halogens is 4. The van der Waals surface area contributed by atoms with Crippen molar-refractivity contribution < 1.29 is 22.8 Å². The van der Waals surface area contributed by atoms with Crippen molar-refractivity contribution in [3.8, 4) is 5.75 Å². The van der Waals surface area contributed by atoms with Crippen LogP contribution < -0.4 is 4.74 Å². The molecule has 1 aromatic carbocycles. The zero-order valence-corrected chi connectivity index (χ0v) is 11.0. The van der Waals surface area contributed by atoms with Gasteiger partial charge in [0.15, 0.2) is 5.75 Å². The molecule has 0 aliphatic carbocycles. The summed E-state index contributed by atoms with van der Waals surface area (Å²) in [5, 5.41) is 10.7. The van der Waals surface area contributed by atoms with Crippen LogP contribution in [0.2, 0.25) is 0 Å². The summed E-state index contributed by atoms with van der Waals surface area (Å²) >= 11 is 5.33. The maximum atomic E-state index is 11.9. The van der Waals surface area contributed by atoms with E-state index in [0.717, 1.165) is 0 Å². The van der Waals surface area contributed by atoms with E-state index in [2.05, 4.69) is 0 Å². The lowest BCUT2D eigenvalue weighted by atomic mass is 10.2. The zero-order valence-electron chi connectivity index (χ0n) is 9.45. The Bertz CT molecular complexity index is 456. The van der Waals surface area contributed by atoms with Crippen LogP contribution in [-0.2, 0) is 5.88 Å². The van der Waals surface area contributed by atoms with Gasteiger partial charge in [-0.1, -0.05) is 6.07 Å². The fourth-order valence-electron chi connectivity index (χ4n) is 1.22. The summed E-state index contributed by atoms with van der Waals surface area (Å²) < 4.78 is 40.7. The Labute approximate surface area is 116 Å². The smallest absolute Gasteiger partial charge is 0.441 e. The fraction of sp³-hybridized carbons (Fsp3) is 0.400. The first kappa shape index (κ1) is 15.9. The highest BCUT2D eigenvalue weighted by molar-refractivity contribution is 8.00. The average Bonchev–Trinajstić information content (AvgIpc) is 2.33. The summed E-state index contributed by atoms with van der Waals surface area (Å²) in [7, 11) is 0. The predicted molar refractivity (Wildman–Crippen MR) is 66.7 cm³/mol. The van der Waals surface area contributed by atoms with Gasteiger partial charge in [0, 0.05) is 17.7 Å². The van der Waals surface area contributed by atoms with Crippen molar-refractivity contribution in [2.24, 2.45) is 0 Å². The van der Waals surface area contributed by atoms with Crippen LogP contribution >= 0.6 is 23.4 Å². The molecule has 0 unspecified atom stereocenters. The Morgan fingerprint density at radius 3 is 2.63 bits per heavy atom. The summed E-state index contributed by atoms with van der Waals surface area (Å²) in [5.74, 6) is -0.289. The first-order chi connectivity index (χ1) is 8.83. The molecule has 1 aromatic rings. The number of rotatable bonds is 6. The molecule has 0 amide bonds. The molecular weight excluding hydrogens is 307 g/mol. The van der Waals surface area contributed by atoms with Crippen LogP contribution in [-0.4, -0.2) is 22.8 Å². The minimum atomic E-state index is -4.34. The Balaban J connectivity index is 2.67. The molecule has 0 spiro atoms. The second-order valence-corrected chi connectivity index (χ2v) is 4.76. The van der Waals surface area contributed by atoms with Gasteiger partial charge < -0.3 is 4.74 Å². The summed E-state index contributed by atoms with van der Waals surface area (Å²) in [5.41, 5.74) is -4.05. The normalized spacial score (nSPS) is 11.4. The van der Waals surface area contributed by atoms with Crippen LogP contribution in [0.4, 0.5) is 18.9 Å². The first-order valence-corrected chi connectivity index (χ1v) is 6.52. The van der Waals surface area contributed by atoms with Gasteiger partial charge in [0.1, 0.15) is 0 Å². The van der Waals surface area contributed by atoms with Gasteiger partial charge >= 0.3 is 11.2 Å². The Morgan fingerprint density at radius 2 is 2.11 bits per heavy atom. The van der Waals surface area contributed by atoms with Crippen molar-refractivity contribution >= 4 is 29.1 Å². The standard InChI is InChI=1S/C10H9ClF3NO3S/c11-6-7-1-2-8(15(16)17)9(5-7)18-3-4-19-10(12,13)14/h1-2,5H,3-4,6H2. The van der Waals surface area contributed by atoms with E-state index in [4.69, 9.17) is 16.3 Å². The van der Waals surface area contributed by atoms with Gasteiger partial charge in [0.05, 0.1) is 11.5 Å². The van der Waals surface area contributed by atoms with Gasteiger partial charge in [0.2, 0.25) is 0 Å². The third kappa shape index (κ3) is 5.56. The summed E-state index contributed by atoms with van der Waals surface area (Å²) in [6.45, 7) is -0.281. The van der Waals surface area contributed by atoms with Crippen LogP contribution in [0.25, 0.3) is 0 Å². The molecule has 0 aliphatic rings. The van der Waals surface area contributed by atoms with Gasteiger partial charge in [0.25, 0.3) is 0 Å². The maximum absolute atomic E-state index is 11.9. The molecule has 4 nitrogen and oxygen atoms in total. The number of hydrogen-bond donors (Lipinski definition) is 0. The number of nitro groups is 1.